The highest BCUT2D eigenvalue weighted by molar-refractivity contribution is 7.89. The highest BCUT2D eigenvalue weighted by Gasteiger charge is 2.29. The molecule has 1 atom stereocenters. The van der Waals surface area contributed by atoms with Gasteiger partial charge in [-0.2, -0.15) is 4.31 Å². The van der Waals surface area contributed by atoms with Crippen molar-refractivity contribution in [1.29, 1.82) is 0 Å². The van der Waals surface area contributed by atoms with Gasteiger partial charge in [0.15, 0.2) is 0 Å². The molecular formula is C12H25N3O3S. The number of carbonyl (C=O) groups excluding carboxylic acids is 1. The summed E-state index contributed by atoms with van der Waals surface area (Å²) < 4.78 is 25.3. The van der Waals surface area contributed by atoms with Crippen molar-refractivity contribution in [3.05, 3.63) is 0 Å². The summed E-state index contributed by atoms with van der Waals surface area (Å²) >= 11 is 0. The summed E-state index contributed by atoms with van der Waals surface area (Å²) in [5.41, 5.74) is 5.80. The fourth-order valence-electron chi connectivity index (χ4n) is 2.24. The van der Waals surface area contributed by atoms with Crippen LogP contribution in [0.15, 0.2) is 0 Å². The SMILES string of the molecule is CCCC(N)C(=O)N1CCN(S(=O)(=O)CCC)CC1. The van der Waals surface area contributed by atoms with Gasteiger partial charge in [0, 0.05) is 26.2 Å². The first-order valence-corrected chi connectivity index (χ1v) is 8.55. The number of piperazine rings is 1. The zero-order valence-corrected chi connectivity index (χ0v) is 12.7. The minimum Gasteiger partial charge on any atom is -0.339 e. The number of rotatable bonds is 6. The maximum Gasteiger partial charge on any atom is 0.239 e. The zero-order valence-electron chi connectivity index (χ0n) is 11.8. The molecule has 0 aliphatic carbocycles. The average molecular weight is 291 g/mol. The van der Waals surface area contributed by atoms with Gasteiger partial charge in [0.25, 0.3) is 0 Å². The second-order valence-corrected chi connectivity index (χ2v) is 7.02. The fraction of sp³-hybridized carbons (Fsp3) is 0.917. The van der Waals surface area contributed by atoms with E-state index in [-0.39, 0.29) is 11.7 Å². The Morgan fingerprint density at radius 3 is 2.21 bits per heavy atom. The van der Waals surface area contributed by atoms with Crippen LogP contribution >= 0.6 is 0 Å². The molecule has 0 spiro atoms. The first kappa shape index (κ1) is 16.4. The number of hydrogen-bond acceptors (Lipinski definition) is 4. The van der Waals surface area contributed by atoms with E-state index in [2.05, 4.69) is 0 Å². The van der Waals surface area contributed by atoms with Crippen LogP contribution in [0.2, 0.25) is 0 Å². The summed E-state index contributed by atoms with van der Waals surface area (Å²) in [5, 5.41) is 0. The minimum absolute atomic E-state index is 0.0608. The number of amides is 1. The third-order valence-corrected chi connectivity index (χ3v) is 5.40. The summed E-state index contributed by atoms with van der Waals surface area (Å²) in [5.74, 6) is 0.116. The molecule has 1 amide bonds. The lowest BCUT2D eigenvalue weighted by Crippen LogP contribution is -2.54. The number of nitrogens with zero attached hydrogens (tertiary/aromatic N) is 2. The molecule has 0 aromatic carbocycles. The number of nitrogens with two attached hydrogens (primary N) is 1. The van der Waals surface area contributed by atoms with Gasteiger partial charge in [0.2, 0.25) is 15.9 Å². The maximum atomic E-state index is 12.0. The van der Waals surface area contributed by atoms with E-state index in [0.717, 1.165) is 6.42 Å². The van der Waals surface area contributed by atoms with Crippen molar-refractivity contribution >= 4 is 15.9 Å². The van der Waals surface area contributed by atoms with Crippen molar-refractivity contribution < 1.29 is 13.2 Å². The summed E-state index contributed by atoms with van der Waals surface area (Å²) in [6.07, 6.45) is 2.16. The Morgan fingerprint density at radius 1 is 1.16 bits per heavy atom. The predicted octanol–water partition coefficient (Wildman–Crippen LogP) is -0.00220. The molecule has 6 nitrogen and oxygen atoms in total. The smallest absolute Gasteiger partial charge is 0.239 e. The lowest BCUT2D eigenvalue weighted by Gasteiger charge is -2.35. The van der Waals surface area contributed by atoms with Gasteiger partial charge >= 0.3 is 0 Å². The molecular weight excluding hydrogens is 266 g/mol. The van der Waals surface area contributed by atoms with Crippen molar-refractivity contribution in [2.45, 2.75) is 39.2 Å². The third-order valence-electron chi connectivity index (χ3n) is 3.32. The summed E-state index contributed by atoms with van der Waals surface area (Å²) in [4.78, 5) is 13.7. The topological polar surface area (TPSA) is 83.7 Å². The van der Waals surface area contributed by atoms with Gasteiger partial charge < -0.3 is 10.6 Å². The van der Waals surface area contributed by atoms with Crippen LogP contribution in [0.1, 0.15) is 33.1 Å². The Bertz CT molecular complexity index is 389. The van der Waals surface area contributed by atoms with Gasteiger partial charge in [-0.3, -0.25) is 4.79 Å². The van der Waals surface area contributed by atoms with E-state index in [1.54, 1.807) is 4.90 Å². The molecule has 112 valence electrons. The standard InChI is InChI=1S/C12H25N3O3S/c1-3-5-11(13)12(16)14-6-8-15(9-7-14)19(17,18)10-4-2/h11H,3-10,13H2,1-2H3. The van der Waals surface area contributed by atoms with Gasteiger partial charge in [-0.05, 0) is 12.8 Å². The van der Waals surface area contributed by atoms with E-state index in [4.69, 9.17) is 5.73 Å². The van der Waals surface area contributed by atoms with E-state index in [9.17, 15) is 13.2 Å². The Kier molecular flexibility index (Phi) is 6.22. The Morgan fingerprint density at radius 2 is 1.74 bits per heavy atom. The Labute approximate surface area is 116 Å². The molecule has 2 N–H and O–H groups in total. The van der Waals surface area contributed by atoms with E-state index in [1.807, 2.05) is 13.8 Å². The second kappa shape index (κ2) is 7.21. The van der Waals surface area contributed by atoms with Gasteiger partial charge in [0.1, 0.15) is 0 Å². The van der Waals surface area contributed by atoms with Crippen LogP contribution in [-0.2, 0) is 14.8 Å². The maximum absolute atomic E-state index is 12.0. The van der Waals surface area contributed by atoms with Crippen LogP contribution in [0.5, 0.6) is 0 Å². The summed E-state index contributed by atoms with van der Waals surface area (Å²) in [6, 6.07) is -0.455. The normalized spacial score (nSPS) is 19.4. The van der Waals surface area contributed by atoms with Crippen molar-refractivity contribution in [2.75, 3.05) is 31.9 Å². The molecule has 1 aliphatic rings. The molecule has 19 heavy (non-hydrogen) atoms. The summed E-state index contributed by atoms with van der Waals surface area (Å²) in [6.45, 7) is 5.49. The molecule has 1 saturated heterocycles. The first-order valence-electron chi connectivity index (χ1n) is 6.94. The molecule has 7 heteroatoms. The van der Waals surface area contributed by atoms with Gasteiger partial charge in [0.05, 0.1) is 11.8 Å². The van der Waals surface area contributed by atoms with Crippen LogP contribution in [0, 0.1) is 0 Å². The van der Waals surface area contributed by atoms with Crippen molar-refractivity contribution in [3.8, 4) is 0 Å². The van der Waals surface area contributed by atoms with E-state index in [0.29, 0.717) is 39.0 Å². The third kappa shape index (κ3) is 4.43. The lowest BCUT2D eigenvalue weighted by molar-refractivity contribution is -0.133. The van der Waals surface area contributed by atoms with Crippen LogP contribution in [0.4, 0.5) is 0 Å². The molecule has 0 aromatic heterocycles. The molecule has 1 unspecified atom stereocenters. The van der Waals surface area contributed by atoms with E-state index in [1.165, 1.54) is 4.31 Å². The molecule has 1 rings (SSSR count). The molecule has 1 fully saturated rings. The molecule has 0 aromatic rings. The largest absolute Gasteiger partial charge is 0.339 e. The van der Waals surface area contributed by atoms with Crippen molar-refractivity contribution in [1.82, 2.24) is 9.21 Å². The average Bonchev–Trinajstić information content (AvgIpc) is 2.38. The molecule has 0 saturated carbocycles. The van der Waals surface area contributed by atoms with Gasteiger partial charge in [-0.25, -0.2) is 8.42 Å². The van der Waals surface area contributed by atoms with Crippen LogP contribution in [0.3, 0.4) is 0 Å². The highest BCUT2D eigenvalue weighted by atomic mass is 32.2. The summed E-state index contributed by atoms with van der Waals surface area (Å²) in [7, 11) is -3.15. The number of hydrogen-bond donors (Lipinski definition) is 1. The molecule has 0 bridgehead atoms. The number of sulfonamides is 1. The van der Waals surface area contributed by atoms with Gasteiger partial charge in [-0.1, -0.05) is 20.3 Å². The lowest BCUT2D eigenvalue weighted by atomic mass is 10.1. The Hall–Kier alpha value is -0.660. The Balaban J connectivity index is 2.51. The molecule has 1 heterocycles. The van der Waals surface area contributed by atoms with Crippen molar-refractivity contribution in [3.63, 3.8) is 0 Å². The predicted molar refractivity (Wildman–Crippen MR) is 75.1 cm³/mol. The number of carbonyl (C=O) groups is 1. The fourth-order valence-corrected chi connectivity index (χ4v) is 3.74. The first-order chi connectivity index (χ1) is 8.92. The monoisotopic (exact) mass is 291 g/mol. The van der Waals surface area contributed by atoms with Gasteiger partial charge in [-0.15, -0.1) is 0 Å². The highest BCUT2D eigenvalue weighted by Crippen LogP contribution is 2.10. The van der Waals surface area contributed by atoms with Crippen LogP contribution in [-0.4, -0.2) is 61.5 Å². The molecule has 0 radical (unpaired) electrons. The van der Waals surface area contributed by atoms with Crippen LogP contribution in [0.25, 0.3) is 0 Å². The van der Waals surface area contributed by atoms with E-state index >= 15 is 0 Å². The van der Waals surface area contributed by atoms with Crippen molar-refractivity contribution in [2.24, 2.45) is 5.73 Å². The van der Waals surface area contributed by atoms with Crippen LogP contribution < -0.4 is 5.73 Å². The quantitative estimate of drug-likeness (QED) is 0.746. The second-order valence-electron chi connectivity index (χ2n) is 4.94. The van der Waals surface area contributed by atoms with E-state index < -0.39 is 16.1 Å². The molecule has 1 aliphatic heterocycles. The zero-order chi connectivity index (χ0) is 14.5. The minimum atomic E-state index is -3.15.